The highest BCUT2D eigenvalue weighted by atomic mass is 35.5. The number of nitrogens with zero attached hydrogens (tertiary/aromatic N) is 3. The van der Waals surface area contributed by atoms with Crippen molar-refractivity contribution < 1.29 is 4.79 Å². The molecule has 0 saturated carbocycles. The number of halogens is 2. The Balaban J connectivity index is 0.00000132. The molecule has 0 spiro atoms. The summed E-state index contributed by atoms with van der Waals surface area (Å²) < 4.78 is 1.78. The van der Waals surface area contributed by atoms with Crippen molar-refractivity contribution >= 4 is 30.7 Å². The minimum Gasteiger partial charge on any atom is -0.352 e. The number of aromatic nitrogens is 3. The molecule has 0 aromatic carbocycles. The largest absolute Gasteiger partial charge is 0.352 e. The first-order valence-corrected chi connectivity index (χ1v) is 7.26. The summed E-state index contributed by atoms with van der Waals surface area (Å²) in [7, 11) is 0. The summed E-state index contributed by atoms with van der Waals surface area (Å²) in [5.41, 5.74) is 0.623. The molecule has 6 nitrogen and oxygen atoms in total. The summed E-state index contributed by atoms with van der Waals surface area (Å²) >= 11 is 0. The van der Waals surface area contributed by atoms with Gasteiger partial charge >= 0.3 is 0 Å². The standard InChI is InChI=1S/C15H19N5O.2ClH/c21-15(19-5-2-12-1-4-16-10-12)13-3-6-18-14(9-13)20-8-7-17-11-20;;/h3,6-9,11-12,16H,1-2,4-5,10H2,(H,19,21);2*1H. The van der Waals surface area contributed by atoms with E-state index in [1.807, 2.05) is 0 Å². The second-order valence-corrected chi connectivity index (χ2v) is 5.28. The predicted molar refractivity (Wildman–Crippen MR) is 93.8 cm³/mol. The van der Waals surface area contributed by atoms with Crippen LogP contribution in [0.2, 0.25) is 0 Å². The Morgan fingerprint density at radius 3 is 2.96 bits per heavy atom. The first-order valence-electron chi connectivity index (χ1n) is 7.26. The van der Waals surface area contributed by atoms with E-state index in [0.29, 0.717) is 23.8 Å². The highest BCUT2D eigenvalue weighted by Crippen LogP contribution is 2.11. The molecule has 8 heteroatoms. The lowest BCUT2D eigenvalue weighted by atomic mass is 10.1. The molecular formula is C15H21Cl2N5O. The molecule has 2 aromatic heterocycles. The number of pyridine rings is 1. The van der Waals surface area contributed by atoms with Crippen LogP contribution >= 0.6 is 24.8 Å². The van der Waals surface area contributed by atoms with Gasteiger partial charge in [-0.05, 0) is 44.0 Å². The van der Waals surface area contributed by atoms with E-state index >= 15 is 0 Å². The number of hydrogen-bond acceptors (Lipinski definition) is 4. The average Bonchev–Trinajstić information content (AvgIpc) is 3.21. The van der Waals surface area contributed by atoms with Crippen molar-refractivity contribution in [3.8, 4) is 5.82 Å². The highest BCUT2D eigenvalue weighted by Gasteiger charge is 2.14. The van der Waals surface area contributed by atoms with Gasteiger partial charge in [-0.2, -0.15) is 0 Å². The molecule has 2 aromatic rings. The normalized spacial score (nSPS) is 16.3. The predicted octanol–water partition coefficient (Wildman–Crippen LogP) is 1.84. The molecule has 1 fully saturated rings. The summed E-state index contributed by atoms with van der Waals surface area (Å²) in [6, 6.07) is 3.50. The van der Waals surface area contributed by atoms with Gasteiger partial charge in [-0.15, -0.1) is 24.8 Å². The monoisotopic (exact) mass is 357 g/mol. The van der Waals surface area contributed by atoms with Gasteiger partial charge in [0.1, 0.15) is 12.1 Å². The van der Waals surface area contributed by atoms with Crippen molar-refractivity contribution in [3.63, 3.8) is 0 Å². The van der Waals surface area contributed by atoms with Gasteiger partial charge in [0, 0.05) is 30.7 Å². The van der Waals surface area contributed by atoms with Gasteiger partial charge in [0.25, 0.3) is 5.91 Å². The van der Waals surface area contributed by atoms with Gasteiger partial charge in [-0.3, -0.25) is 9.36 Å². The Morgan fingerprint density at radius 2 is 2.26 bits per heavy atom. The quantitative estimate of drug-likeness (QED) is 0.856. The van der Waals surface area contributed by atoms with Crippen LogP contribution in [0.25, 0.3) is 5.82 Å². The molecule has 126 valence electrons. The van der Waals surface area contributed by atoms with Gasteiger partial charge in [0.2, 0.25) is 0 Å². The van der Waals surface area contributed by atoms with E-state index in [9.17, 15) is 4.79 Å². The van der Waals surface area contributed by atoms with Crippen molar-refractivity contribution in [1.82, 2.24) is 25.2 Å². The number of amides is 1. The fraction of sp³-hybridized carbons (Fsp3) is 0.400. The summed E-state index contributed by atoms with van der Waals surface area (Å²) in [5, 5.41) is 6.31. The lowest BCUT2D eigenvalue weighted by Gasteiger charge is -2.10. The van der Waals surface area contributed by atoms with Crippen LogP contribution in [-0.2, 0) is 0 Å². The molecule has 1 aliphatic rings. The molecule has 23 heavy (non-hydrogen) atoms. The summed E-state index contributed by atoms with van der Waals surface area (Å²) in [6.45, 7) is 2.88. The number of hydrogen-bond donors (Lipinski definition) is 2. The maximum Gasteiger partial charge on any atom is 0.251 e. The third kappa shape index (κ3) is 5.20. The minimum absolute atomic E-state index is 0. The number of carbonyl (C=O) groups excluding carboxylic acids is 1. The summed E-state index contributed by atoms with van der Waals surface area (Å²) in [5.74, 6) is 1.33. The Hall–Kier alpha value is -1.63. The fourth-order valence-corrected chi connectivity index (χ4v) is 2.55. The molecule has 1 saturated heterocycles. The molecule has 3 rings (SSSR count). The van der Waals surface area contributed by atoms with Crippen molar-refractivity contribution in [2.45, 2.75) is 12.8 Å². The van der Waals surface area contributed by atoms with E-state index in [1.165, 1.54) is 6.42 Å². The average molecular weight is 358 g/mol. The maximum absolute atomic E-state index is 12.2. The zero-order valence-corrected chi connectivity index (χ0v) is 14.3. The number of nitrogens with one attached hydrogen (secondary N) is 2. The van der Waals surface area contributed by atoms with Gasteiger partial charge < -0.3 is 10.6 Å². The number of carbonyl (C=O) groups is 1. The highest BCUT2D eigenvalue weighted by molar-refractivity contribution is 5.94. The van der Waals surface area contributed by atoms with E-state index in [1.54, 1.807) is 41.6 Å². The molecule has 0 aliphatic carbocycles. The van der Waals surface area contributed by atoms with Crippen LogP contribution in [0, 0.1) is 5.92 Å². The third-order valence-electron chi connectivity index (χ3n) is 3.78. The van der Waals surface area contributed by atoms with Gasteiger partial charge in [-0.25, -0.2) is 9.97 Å². The fourth-order valence-electron chi connectivity index (χ4n) is 2.55. The minimum atomic E-state index is -0.0512. The van der Waals surface area contributed by atoms with Crippen molar-refractivity contribution in [1.29, 1.82) is 0 Å². The van der Waals surface area contributed by atoms with E-state index in [4.69, 9.17) is 0 Å². The van der Waals surface area contributed by atoms with Crippen LogP contribution in [0.15, 0.2) is 37.1 Å². The second kappa shape index (κ2) is 9.50. The van der Waals surface area contributed by atoms with Crippen LogP contribution in [-0.4, -0.2) is 40.1 Å². The van der Waals surface area contributed by atoms with Crippen LogP contribution in [0.3, 0.4) is 0 Å². The second-order valence-electron chi connectivity index (χ2n) is 5.28. The topological polar surface area (TPSA) is 71.8 Å². The Kier molecular flexibility index (Phi) is 8.02. The number of imidazole rings is 1. The molecule has 2 N–H and O–H groups in total. The summed E-state index contributed by atoms with van der Waals surface area (Å²) in [6.07, 6.45) is 9.03. The zero-order chi connectivity index (χ0) is 14.5. The van der Waals surface area contributed by atoms with Crippen LogP contribution in [0.5, 0.6) is 0 Å². The molecule has 1 unspecified atom stereocenters. The molecule has 1 amide bonds. The van der Waals surface area contributed by atoms with E-state index in [2.05, 4.69) is 20.6 Å². The molecule has 1 atom stereocenters. The van der Waals surface area contributed by atoms with Gasteiger partial charge in [0.05, 0.1) is 0 Å². The maximum atomic E-state index is 12.2. The first-order chi connectivity index (χ1) is 10.3. The van der Waals surface area contributed by atoms with Crippen LogP contribution in [0.4, 0.5) is 0 Å². The molecule has 0 bridgehead atoms. The first kappa shape index (κ1) is 19.4. The van der Waals surface area contributed by atoms with Crippen molar-refractivity contribution in [2.24, 2.45) is 5.92 Å². The summed E-state index contributed by atoms with van der Waals surface area (Å²) in [4.78, 5) is 20.4. The van der Waals surface area contributed by atoms with Crippen molar-refractivity contribution in [2.75, 3.05) is 19.6 Å². The molecule has 3 heterocycles. The number of rotatable bonds is 5. The third-order valence-corrected chi connectivity index (χ3v) is 3.78. The lowest BCUT2D eigenvalue weighted by Crippen LogP contribution is -2.26. The molecule has 0 radical (unpaired) electrons. The SMILES string of the molecule is Cl.Cl.O=C(NCCC1CCNC1)c1ccnc(-n2ccnc2)c1. The van der Waals surface area contributed by atoms with Gasteiger partial charge in [-0.1, -0.05) is 0 Å². The van der Waals surface area contributed by atoms with Crippen molar-refractivity contribution in [3.05, 3.63) is 42.6 Å². The van der Waals surface area contributed by atoms with E-state index in [0.717, 1.165) is 19.5 Å². The Bertz CT molecular complexity index is 600. The Morgan fingerprint density at radius 1 is 1.39 bits per heavy atom. The zero-order valence-electron chi connectivity index (χ0n) is 12.6. The smallest absolute Gasteiger partial charge is 0.251 e. The lowest BCUT2D eigenvalue weighted by molar-refractivity contribution is 0.0951. The van der Waals surface area contributed by atoms with Crippen LogP contribution < -0.4 is 10.6 Å². The Labute approximate surface area is 147 Å². The molecular weight excluding hydrogens is 337 g/mol. The van der Waals surface area contributed by atoms with E-state index < -0.39 is 0 Å². The van der Waals surface area contributed by atoms with Gasteiger partial charge in [0.15, 0.2) is 0 Å². The molecule has 1 aliphatic heterocycles. The van der Waals surface area contributed by atoms with Crippen LogP contribution in [0.1, 0.15) is 23.2 Å². The van der Waals surface area contributed by atoms with E-state index in [-0.39, 0.29) is 30.7 Å².